The van der Waals surface area contributed by atoms with Gasteiger partial charge in [-0.15, -0.1) is 0 Å². The first kappa shape index (κ1) is 23.9. The highest BCUT2D eigenvalue weighted by Gasteiger charge is 2.35. The predicted octanol–water partition coefficient (Wildman–Crippen LogP) is 3.25. The number of furan rings is 1. The molecule has 2 aromatic rings. The quantitative estimate of drug-likeness (QED) is 0.394. The number of thioether (sulfide) groups is 1. The van der Waals surface area contributed by atoms with Gasteiger partial charge in [0.25, 0.3) is 11.1 Å². The summed E-state index contributed by atoms with van der Waals surface area (Å²) < 4.78 is 25.4. The van der Waals surface area contributed by atoms with Crippen LogP contribution >= 0.6 is 11.8 Å². The van der Waals surface area contributed by atoms with Crippen LogP contribution in [-0.2, 0) is 25.6 Å². The molecule has 0 N–H and O–H groups in total. The van der Waals surface area contributed by atoms with Crippen molar-refractivity contribution >= 4 is 40.9 Å². The van der Waals surface area contributed by atoms with Crippen molar-refractivity contribution < 1.29 is 42.5 Å². The maximum Gasteiger partial charge on any atom is 0.373 e. The van der Waals surface area contributed by atoms with E-state index in [1.165, 1.54) is 26.4 Å². The van der Waals surface area contributed by atoms with E-state index in [9.17, 15) is 19.2 Å². The Hall–Kier alpha value is -3.73. The topological polar surface area (TPSA) is 122 Å². The Kier molecular flexibility index (Phi) is 7.78. The van der Waals surface area contributed by atoms with Crippen LogP contribution in [0.2, 0.25) is 0 Å². The van der Waals surface area contributed by atoms with E-state index in [0.29, 0.717) is 17.1 Å². The molecule has 0 atom stereocenters. The molecule has 1 aromatic carbocycles. The van der Waals surface area contributed by atoms with Gasteiger partial charge in [0.1, 0.15) is 5.76 Å². The number of hydrogen-bond donors (Lipinski definition) is 0. The zero-order chi connectivity index (χ0) is 24.0. The SMILES string of the molecule is CCOC(=O)COc1ccc(/C=C2/SC(=O)N(Cc3ccc(C(=O)OC)o3)C2=O)cc1OC. The van der Waals surface area contributed by atoms with Crippen molar-refractivity contribution in [1.29, 1.82) is 0 Å². The molecule has 2 heterocycles. The van der Waals surface area contributed by atoms with Crippen LogP contribution in [0.25, 0.3) is 6.08 Å². The predicted molar refractivity (Wildman–Crippen MR) is 117 cm³/mol. The lowest BCUT2D eigenvalue weighted by atomic mass is 10.2. The molecule has 2 amide bonds. The van der Waals surface area contributed by atoms with E-state index < -0.39 is 23.1 Å². The number of rotatable bonds is 9. The van der Waals surface area contributed by atoms with E-state index in [4.69, 9.17) is 18.6 Å². The number of imide groups is 1. The second-order valence-corrected chi connectivity index (χ2v) is 7.52. The van der Waals surface area contributed by atoms with Gasteiger partial charge in [0, 0.05) is 0 Å². The Morgan fingerprint density at radius 2 is 1.91 bits per heavy atom. The molecule has 1 saturated heterocycles. The summed E-state index contributed by atoms with van der Waals surface area (Å²) in [6.07, 6.45) is 1.55. The van der Waals surface area contributed by atoms with Crippen molar-refractivity contribution in [3.8, 4) is 11.5 Å². The fourth-order valence-electron chi connectivity index (χ4n) is 2.85. The summed E-state index contributed by atoms with van der Waals surface area (Å²) in [6, 6.07) is 7.77. The summed E-state index contributed by atoms with van der Waals surface area (Å²) in [5, 5.41) is -0.469. The van der Waals surface area contributed by atoms with Crippen LogP contribution in [0, 0.1) is 0 Å². The summed E-state index contributed by atoms with van der Waals surface area (Å²) in [4.78, 5) is 49.4. The molecule has 1 fully saturated rings. The molecular formula is C22H21NO9S. The molecule has 0 bridgehead atoms. The Labute approximate surface area is 193 Å². The molecule has 1 aliphatic rings. The largest absolute Gasteiger partial charge is 0.493 e. The molecule has 3 rings (SSSR count). The molecular weight excluding hydrogens is 454 g/mol. The number of amides is 2. The minimum Gasteiger partial charge on any atom is -0.493 e. The highest BCUT2D eigenvalue weighted by atomic mass is 32.2. The van der Waals surface area contributed by atoms with Gasteiger partial charge in [-0.2, -0.15) is 0 Å². The highest BCUT2D eigenvalue weighted by Crippen LogP contribution is 2.35. The zero-order valence-electron chi connectivity index (χ0n) is 18.1. The normalized spacial score (nSPS) is 14.5. The van der Waals surface area contributed by atoms with Crippen molar-refractivity contribution in [2.75, 3.05) is 27.4 Å². The van der Waals surface area contributed by atoms with E-state index in [0.717, 1.165) is 16.7 Å². The molecule has 0 spiro atoms. The minimum absolute atomic E-state index is 0.0210. The van der Waals surface area contributed by atoms with Crippen molar-refractivity contribution in [2.45, 2.75) is 13.5 Å². The van der Waals surface area contributed by atoms with Crippen molar-refractivity contribution in [3.63, 3.8) is 0 Å². The Balaban J connectivity index is 1.72. The number of esters is 2. The Bertz CT molecular complexity index is 1110. The van der Waals surface area contributed by atoms with Crippen molar-refractivity contribution in [2.24, 2.45) is 0 Å². The second kappa shape index (κ2) is 10.7. The number of methoxy groups -OCH3 is 2. The first-order chi connectivity index (χ1) is 15.9. The van der Waals surface area contributed by atoms with E-state index in [1.807, 2.05) is 0 Å². The van der Waals surface area contributed by atoms with Gasteiger partial charge in [-0.3, -0.25) is 14.5 Å². The molecule has 174 valence electrons. The number of nitrogens with zero attached hydrogens (tertiary/aromatic N) is 1. The average molecular weight is 475 g/mol. The molecule has 1 aliphatic heterocycles. The molecule has 33 heavy (non-hydrogen) atoms. The van der Waals surface area contributed by atoms with Crippen molar-refractivity contribution in [3.05, 3.63) is 52.3 Å². The van der Waals surface area contributed by atoms with Crippen molar-refractivity contribution in [1.82, 2.24) is 4.90 Å². The van der Waals surface area contributed by atoms with Crippen LogP contribution < -0.4 is 9.47 Å². The van der Waals surface area contributed by atoms with Gasteiger partial charge in [0.05, 0.1) is 32.3 Å². The summed E-state index contributed by atoms with van der Waals surface area (Å²) in [6.45, 7) is 1.55. The van der Waals surface area contributed by atoms with Gasteiger partial charge in [0.2, 0.25) is 5.76 Å². The number of ether oxygens (including phenoxy) is 4. The van der Waals surface area contributed by atoms with E-state index in [-0.39, 0.29) is 36.2 Å². The van der Waals surface area contributed by atoms with Crippen LogP contribution in [0.1, 0.15) is 28.8 Å². The summed E-state index contributed by atoms with van der Waals surface area (Å²) in [5.41, 5.74) is 0.590. The van der Waals surface area contributed by atoms with E-state index in [2.05, 4.69) is 4.74 Å². The van der Waals surface area contributed by atoms with E-state index in [1.54, 1.807) is 31.2 Å². The molecule has 0 saturated carbocycles. The van der Waals surface area contributed by atoms with Crippen LogP contribution in [-0.4, -0.2) is 55.4 Å². The second-order valence-electron chi connectivity index (χ2n) is 6.53. The van der Waals surface area contributed by atoms with Crippen LogP contribution in [0.5, 0.6) is 11.5 Å². The minimum atomic E-state index is -0.654. The van der Waals surface area contributed by atoms with E-state index >= 15 is 0 Å². The molecule has 1 aromatic heterocycles. The van der Waals surface area contributed by atoms with Gasteiger partial charge in [-0.25, -0.2) is 9.59 Å². The Morgan fingerprint density at radius 1 is 1.12 bits per heavy atom. The third kappa shape index (κ3) is 5.75. The van der Waals surface area contributed by atoms with Gasteiger partial charge in [0.15, 0.2) is 18.1 Å². The third-order valence-corrected chi connectivity index (χ3v) is 5.28. The smallest absolute Gasteiger partial charge is 0.373 e. The maximum atomic E-state index is 12.8. The summed E-state index contributed by atoms with van der Waals surface area (Å²) in [5.74, 6) is -0.738. The fourth-order valence-corrected chi connectivity index (χ4v) is 3.69. The van der Waals surface area contributed by atoms with Gasteiger partial charge < -0.3 is 23.4 Å². The lowest BCUT2D eigenvalue weighted by Gasteiger charge is -2.11. The maximum absolute atomic E-state index is 12.8. The number of carbonyl (C=O) groups excluding carboxylic acids is 4. The number of carbonyl (C=O) groups is 4. The fraction of sp³-hybridized carbons (Fsp3) is 0.273. The lowest BCUT2D eigenvalue weighted by Crippen LogP contribution is -2.27. The third-order valence-electron chi connectivity index (χ3n) is 4.37. The summed E-state index contributed by atoms with van der Waals surface area (Å²) >= 11 is 0.783. The van der Waals surface area contributed by atoms with Crippen LogP contribution in [0.3, 0.4) is 0 Å². The highest BCUT2D eigenvalue weighted by molar-refractivity contribution is 8.18. The first-order valence-corrected chi connectivity index (χ1v) is 10.6. The van der Waals surface area contributed by atoms with Gasteiger partial charge in [-0.05, 0) is 54.6 Å². The van der Waals surface area contributed by atoms with Gasteiger partial charge >= 0.3 is 11.9 Å². The van der Waals surface area contributed by atoms with Crippen LogP contribution in [0.15, 0.2) is 39.7 Å². The number of benzene rings is 1. The lowest BCUT2D eigenvalue weighted by molar-refractivity contribution is -0.145. The molecule has 0 radical (unpaired) electrons. The monoisotopic (exact) mass is 475 g/mol. The molecule has 11 heteroatoms. The molecule has 0 unspecified atom stereocenters. The van der Waals surface area contributed by atoms with Gasteiger partial charge in [-0.1, -0.05) is 6.07 Å². The van der Waals surface area contributed by atoms with Crippen LogP contribution in [0.4, 0.5) is 4.79 Å². The Morgan fingerprint density at radius 3 is 2.61 bits per heavy atom. The number of hydrogen-bond acceptors (Lipinski definition) is 10. The first-order valence-electron chi connectivity index (χ1n) is 9.75. The standard InChI is InChI=1S/C22H21NO9S/c1-4-30-19(24)12-31-15-7-5-13(9-17(15)28-2)10-18-20(25)23(22(27)33-18)11-14-6-8-16(32-14)21(26)29-3/h5-10H,4,11-12H2,1-3H3/b18-10+. The average Bonchev–Trinajstić information content (AvgIpc) is 3.38. The molecule has 0 aliphatic carbocycles. The molecule has 10 nitrogen and oxygen atoms in total. The summed E-state index contributed by atoms with van der Waals surface area (Å²) in [7, 11) is 2.66. The zero-order valence-corrected chi connectivity index (χ0v) is 18.9.